The van der Waals surface area contributed by atoms with Crippen LogP contribution in [0.1, 0.15) is 41.0 Å². The molecule has 2 nitrogen and oxygen atoms in total. The van der Waals surface area contributed by atoms with Crippen molar-refractivity contribution in [3.05, 3.63) is 0 Å². The van der Waals surface area contributed by atoms with E-state index in [0.717, 1.165) is 0 Å². The molecule has 0 aliphatic rings. The number of ketones is 2. The Morgan fingerprint density at radius 3 is 1.77 bits per heavy atom. The van der Waals surface area contributed by atoms with Crippen LogP contribution in [0, 0.1) is 11.3 Å². The third-order valence-electron chi connectivity index (χ3n) is 1.82. The number of Topliss-reactive ketones (excluding diaryl/α,β-unsaturated/α-hetero) is 2. The van der Waals surface area contributed by atoms with Crippen molar-refractivity contribution in [2.24, 2.45) is 11.3 Å². The molecule has 0 N–H and O–H groups in total. The van der Waals surface area contributed by atoms with Crippen LogP contribution in [-0.2, 0) is 29.1 Å². The molecule has 13 heavy (non-hydrogen) atoms. The Hall–Kier alpha value is -0.0366. The Morgan fingerprint density at radius 1 is 1.15 bits per heavy atom. The Morgan fingerprint density at radius 2 is 1.54 bits per heavy atom. The second-order valence-corrected chi connectivity index (χ2v) is 4.47. The van der Waals surface area contributed by atoms with Gasteiger partial charge in [0.25, 0.3) is 0 Å². The van der Waals surface area contributed by atoms with Crippen LogP contribution in [0.2, 0.25) is 0 Å². The SMILES string of the molecule is CC(C)C(=O)CC(=O)C(C)(C)C.[Ru]. The maximum atomic E-state index is 11.4. The van der Waals surface area contributed by atoms with Crippen molar-refractivity contribution in [1.82, 2.24) is 0 Å². The van der Waals surface area contributed by atoms with E-state index in [2.05, 4.69) is 0 Å². The van der Waals surface area contributed by atoms with E-state index >= 15 is 0 Å². The molecule has 0 aliphatic heterocycles. The van der Waals surface area contributed by atoms with Crippen molar-refractivity contribution in [2.75, 3.05) is 0 Å². The molecule has 0 saturated carbocycles. The minimum absolute atomic E-state index is 0. The van der Waals surface area contributed by atoms with Crippen molar-refractivity contribution in [3.63, 3.8) is 0 Å². The minimum atomic E-state index is -0.384. The van der Waals surface area contributed by atoms with Crippen LogP contribution in [0.4, 0.5) is 0 Å². The van der Waals surface area contributed by atoms with Crippen LogP contribution in [-0.4, -0.2) is 11.6 Å². The molecule has 0 aromatic heterocycles. The third-order valence-corrected chi connectivity index (χ3v) is 1.82. The van der Waals surface area contributed by atoms with Crippen molar-refractivity contribution in [3.8, 4) is 0 Å². The van der Waals surface area contributed by atoms with Gasteiger partial charge >= 0.3 is 0 Å². The van der Waals surface area contributed by atoms with Gasteiger partial charge in [-0.1, -0.05) is 34.6 Å². The van der Waals surface area contributed by atoms with Crippen LogP contribution in [0.25, 0.3) is 0 Å². The van der Waals surface area contributed by atoms with E-state index in [-0.39, 0.29) is 48.8 Å². The molecule has 0 heterocycles. The Labute approximate surface area is 93.2 Å². The largest absolute Gasteiger partial charge is 0.299 e. The van der Waals surface area contributed by atoms with Crippen molar-refractivity contribution in [1.29, 1.82) is 0 Å². The second-order valence-electron chi connectivity index (χ2n) is 4.47. The van der Waals surface area contributed by atoms with Gasteiger partial charge in [-0.05, 0) is 0 Å². The predicted molar refractivity (Wildman–Crippen MR) is 48.9 cm³/mol. The zero-order valence-corrected chi connectivity index (χ0v) is 10.7. The fourth-order valence-corrected chi connectivity index (χ4v) is 0.628. The first-order chi connectivity index (χ1) is 5.25. The number of carbonyl (C=O) groups excluding carboxylic acids is 2. The fourth-order valence-electron chi connectivity index (χ4n) is 0.628. The average Bonchev–Trinajstić information content (AvgIpc) is 1.85. The van der Waals surface area contributed by atoms with Crippen molar-refractivity contribution in [2.45, 2.75) is 41.0 Å². The molecule has 0 amide bonds. The van der Waals surface area contributed by atoms with Gasteiger partial charge in [0.05, 0.1) is 6.42 Å². The summed E-state index contributed by atoms with van der Waals surface area (Å²) < 4.78 is 0. The minimum Gasteiger partial charge on any atom is -0.299 e. The molecule has 0 atom stereocenters. The summed E-state index contributed by atoms with van der Waals surface area (Å²) in [6, 6.07) is 0. The third kappa shape index (κ3) is 6.09. The Balaban J connectivity index is 0. The van der Waals surface area contributed by atoms with Gasteiger partial charge in [0.15, 0.2) is 0 Å². The summed E-state index contributed by atoms with van der Waals surface area (Å²) in [7, 11) is 0. The quantitative estimate of drug-likeness (QED) is 0.582. The zero-order chi connectivity index (χ0) is 9.94. The molecule has 0 fully saturated rings. The summed E-state index contributed by atoms with van der Waals surface area (Å²) in [6.07, 6.45) is 0.0845. The summed E-state index contributed by atoms with van der Waals surface area (Å²) in [5.41, 5.74) is -0.384. The molecule has 0 bridgehead atoms. The van der Waals surface area contributed by atoms with Crippen LogP contribution >= 0.6 is 0 Å². The van der Waals surface area contributed by atoms with Crippen molar-refractivity contribution < 1.29 is 29.1 Å². The first-order valence-electron chi connectivity index (χ1n) is 4.31. The molecule has 78 valence electrons. The molecular formula is C10H18O2Ru. The molecule has 0 radical (unpaired) electrons. The van der Waals surface area contributed by atoms with E-state index < -0.39 is 0 Å². The van der Waals surface area contributed by atoms with E-state index in [1.807, 2.05) is 34.6 Å². The van der Waals surface area contributed by atoms with Gasteiger partial charge in [0, 0.05) is 30.8 Å². The molecule has 0 unspecified atom stereocenters. The zero-order valence-electron chi connectivity index (χ0n) is 8.95. The number of hydrogen-bond acceptors (Lipinski definition) is 2. The Kier molecular flexibility index (Phi) is 6.70. The molecule has 0 rings (SSSR count). The van der Waals surface area contributed by atoms with Gasteiger partial charge in [0.2, 0.25) is 0 Å². The van der Waals surface area contributed by atoms with E-state index in [0.29, 0.717) is 0 Å². The van der Waals surface area contributed by atoms with Gasteiger partial charge < -0.3 is 0 Å². The molecule has 0 spiro atoms. The van der Waals surface area contributed by atoms with Crippen LogP contribution in [0.3, 0.4) is 0 Å². The van der Waals surface area contributed by atoms with Crippen LogP contribution in [0.15, 0.2) is 0 Å². The molecule has 0 aromatic carbocycles. The smallest absolute Gasteiger partial charge is 0.145 e. The normalized spacial score (nSPS) is 10.9. The topological polar surface area (TPSA) is 34.1 Å². The van der Waals surface area contributed by atoms with E-state index in [4.69, 9.17) is 0 Å². The number of rotatable bonds is 3. The van der Waals surface area contributed by atoms with E-state index in [9.17, 15) is 9.59 Å². The van der Waals surface area contributed by atoms with Gasteiger partial charge in [-0.3, -0.25) is 9.59 Å². The monoisotopic (exact) mass is 272 g/mol. The maximum Gasteiger partial charge on any atom is 0.145 e. The first kappa shape index (κ1) is 15.4. The molecule has 0 aromatic rings. The molecule has 0 aliphatic carbocycles. The number of carbonyl (C=O) groups is 2. The summed E-state index contributed by atoms with van der Waals surface area (Å²) >= 11 is 0. The van der Waals surface area contributed by atoms with Crippen LogP contribution in [0.5, 0.6) is 0 Å². The predicted octanol–water partition coefficient (Wildman–Crippen LogP) is 2.21. The summed E-state index contributed by atoms with van der Waals surface area (Å²) in [5, 5.41) is 0. The van der Waals surface area contributed by atoms with E-state index in [1.165, 1.54) is 0 Å². The standard InChI is InChI=1S/C10H18O2.Ru/c1-7(2)8(11)6-9(12)10(3,4)5;/h7H,6H2,1-5H3;. The fraction of sp³-hybridized carbons (Fsp3) is 0.800. The van der Waals surface area contributed by atoms with E-state index in [1.54, 1.807) is 0 Å². The second kappa shape index (κ2) is 5.64. The van der Waals surface area contributed by atoms with Gasteiger partial charge in [-0.15, -0.1) is 0 Å². The van der Waals surface area contributed by atoms with Crippen molar-refractivity contribution >= 4 is 11.6 Å². The summed E-state index contributed by atoms with van der Waals surface area (Å²) in [6.45, 7) is 9.14. The van der Waals surface area contributed by atoms with Gasteiger partial charge in [0.1, 0.15) is 11.6 Å². The average molecular weight is 271 g/mol. The maximum absolute atomic E-state index is 11.4. The first-order valence-corrected chi connectivity index (χ1v) is 4.31. The summed E-state index contributed by atoms with van der Waals surface area (Å²) in [4.78, 5) is 22.5. The summed E-state index contributed by atoms with van der Waals surface area (Å²) in [5.74, 6) is 0.0347. The number of hydrogen-bond donors (Lipinski definition) is 0. The Bertz CT molecular complexity index is 190. The van der Waals surface area contributed by atoms with Crippen LogP contribution < -0.4 is 0 Å². The molecule has 3 heteroatoms. The molecule has 0 saturated heterocycles. The van der Waals surface area contributed by atoms with Gasteiger partial charge in [-0.2, -0.15) is 0 Å². The molecular weight excluding hydrogens is 253 g/mol. The van der Waals surface area contributed by atoms with Gasteiger partial charge in [-0.25, -0.2) is 0 Å².